The number of methoxy groups -OCH3 is 1. The number of imidazole rings is 1. The number of azide groups is 1. The summed E-state index contributed by atoms with van der Waals surface area (Å²) in [5.41, 5.74) is 13.9. The molecule has 0 radical (unpaired) electrons. The fraction of sp³-hybridized carbons (Fsp3) is 0.591. The number of aliphatic hydroxyl groups is 1. The fourth-order valence-electron chi connectivity index (χ4n) is 4.30. The second kappa shape index (κ2) is 12.7. The maximum Gasteiger partial charge on any atom is 0.519 e. The van der Waals surface area contributed by atoms with Crippen molar-refractivity contribution in [2.45, 2.75) is 64.3 Å². The standard InChI is InChI=1S/C22H30N9O11P/c1-6-37-17-14-16(26-20(23)27-17)31(9-25-14)19-22(4,29-30-24)15(32)13(41-19)8-39-43(35,28-10(2)18(33)36-5)38-7-12-11(3)40-21(34)42-12/h9-10,13,15,19,32H,6-8H2,1-5H3,(H,28,35)(H2,23,26,27)/t10-,13+,15+,19+,22+,43?/m0/s1. The van der Waals surface area contributed by atoms with E-state index in [0.29, 0.717) is 0 Å². The van der Waals surface area contributed by atoms with Gasteiger partial charge in [0.15, 0.2) is 23.2 Å². The van der Waals surface area contributed by atoms with Gasteiger partial charge in [0.05, 0.1) is 32.8 Å². The van der Waals surface area contributed by atoms with Crippen LogP contribution in [-0.2, 0) is 34.5 Å². The third kappa shape index (κ3) is 6.50. The number of nitrogens with one attached hydrogen (secondary N) is 1. The Labute approximate surface area is 242 Å². The number of nitrogens with two attached hydrogens (primary N) is 1. The number of fused-ring (bicyclic) bond motifs is 1. The van der Waals surface area contributed by atoms with E-state index < -0.39 is 62.8 Å². The van der Waals surface area contributed by atoms with Gasteiger partial charge in [-0.25, -0.2) is 19.4 Å². The Morgan fingerprint density at radius 1 is 1.40 bits per heavy atom. The molecule has 3 aromatic rings. The molecule has 4 N–H and O–H groups in total. The number of carbonyl (C=O) groups is 1. The predicted molar refractivity (Wildman–Crippen MR) is 143 cm³/mol. The summed E-state index contributed by atoms with van der Waals surface area (Å²) >= 11 is 0. The molecule has 1 saturated heterocycles. The zero-order chi connectivity index (χ0) is 31.5. The van der Waals surface area contributed by atoms with E-state index in [2.05, 4.69) is 34.8 Å². The number of aryl methyl sites for hydroxylation is 1. The first-order valence-electron chi connectivity index (χ1n) is 12.7. The van der Waals surface area contributed by atoms with Gasteiger partial charge in [0.2, 0.25) is 11.8 Å². The summed E-state index contributed by atoms with van der Waals surface area (Å²) in [5.74, 6) is -1.81. The number of hydrogen-bond acceptors (Lipinski definition) is 16. The first-order chi connectivity index (χ1) is 20.4. The average Bonchev–Trinajstić information content (AvgIpc) is 3.59. The lowest BCUT2D eigenvalue weighted by Crippen LogP contribution is -2.43. The van der Waals surface area contributed by atoms with Crippen molar-refractivity contribution in [3.63, 3.8) is 0 Å². The first kappa shape index (κ1) is 31.9. The zero-order valence-electron chi connectivity index (χ0n) is 23.7. The molecule has 20 nitrogen and oxygen atoms in total. The molecule has 1 unspecified atom stereocenters. The highest BCUT2D eigenvalue weighted by Gasteiger charge is 2.55. The molecule has 1 aliphatic rings. The van der Waals surface area contributed by atoms with Crippen LogP contribution in [0.5, 0.6) is 5.88 Å². The van der Waals surface area contributed by atoms with Crippen molar-refractivity contribution in [1.29, 1.82) is 0 Å². The van der Waals surface area contributed by atoms with Gasteiger partial charge in [-0.2, -0.15) is 9.97 Å². The molecule has 3 aromatic heterocycles. The van der Waals surface area contributed by atoms with Crippen LogP contribution in [0.25, 0.3) is 21.6 Å². The highest BCUT2D eigenvalue weighted by molar-refractivity contribution is 7.51. The van der Waals surface area contributed by atoms with Crippen LogP contribution < -0.4 is 21.4 Å². The van der Waals surface area contributed by atoms with Crippen molar-refractivity contribution in [2.24, 2.45) is 5.11 Å². The van der Waals surface area contributed by atoms with Gasteiger partial charge in [-0.05, 0) is 33.2 Å². The number of nitrogen functional groups attached to an aromatic ring is 1. The average molecular weight is 628 g/mol. The lowest BCUT2D eigenvalue weighted by Gasteiger charge is -2.28. The Hall–Kier alpha value is -4.03. The normalized spacial score (nSPS) is 23.9. The van der Waals surface area contributed by atoms with Gasteiger partial charge in [0.1, 0.15) is 30.1 Å². The van der Waals surface area contributed by atoms with E-state index in [9.17, 15) is 24.8 Å². The van der Waals surface area contributed by atoms with Crippen LogP contribution >= 0.6 is 7.75 Å². The van der Waals surface area contributed by atoms with Crippen molar-refractivity contribution in [3.8, 4) is 5.88 Å². The molecule has 0 aliphatic carbocycles. The van der Waals surface area contributed by atoms with Gasteiger partial charge >= 0.3 is 19.5 Å². The summed E-state index contributed by atoms with van der Waals surface area (Å²) in [6.45, 7) is 5.06. The van der Waals surface area contributed by atoms with Crippen molar-refractivity contribution >= 4 is 30.8 Å². The lowest BCUT2D eigenvalue weighted by molar-refractivity contribution is -0.142. The fourth-order valence-corrected chi connectivity index (χ4v) is 5.73. The molecule has 0 bridgehead atoms. The Balaban J connectivity index is 1.62. The maximum absolute atomic E-state index is 13.7. The minimum Gasteiger partial charge on any atom is -0.476 e. The number of aromatic nitrogens is 4. The molecule has 0 aromatic carbocycles. The Morgan fingerprint density at radius 2 is 2.14 bits per heavy atom. The van der Waals surface area contributed by atoms with E-state index in [1.54, 1.807) is 6.92 Å². The van der Waals surface area contributed by atoms with Gasteiger partial charge in [-0.15, -0.1) is 0 Å². The van der Waals surface area contributed by atoms with Crippen LogP contribution in [0.3, 0.4) is 0 Å². The monoisotopic (exact) mass is 627 g/mol. The molecular formula is C22H30N9O11P. The molecule has 6 atom stereocenters. The van der Waals surface area contributed by atoms with Crippen molar-refractivity contribution in [2.75, 3.05) is 26.1 Å². The van der Waals surface area contributed by atoms with Crippen molar-refractivity contribution in [1.82, 2.24) is 24.6 Å². The molecule has 234 valence electrons. The number of carbonyl (C=O) groups excluding carboxylic acids is 1. The SMILES string of the molecule is CCOc1nc(N)nc2c1ncn2[C@@H]1O[C@H](COP(=O)(N[C@@H](C)C(=O)OC)OCc2oc(=O)oc2C)[C@@H](O)[C@@]1(C)N=[N+]=[N-]. The van der Waals surface area contributed by atoms with Gasteiger partial charge in [-0.3, -0.25) is 18.4 Å². The van der Waals surface area contributed by atoms with E-state index in [4.69, 9.17) is 33.1 Å². The number of aliphatic hydroxyl groups excluding tert-OH is 1. The largest absolute Gasteiger partial charge is 0.519 e. The molecule has 1 fully saturated rings. The third-order valence-electron chi connectivity index (χ3n) is 6.47. The summed E-state index contributed by atoms with van der Waals surface area (Å²) < 4.78 is 51.9. The minimum atomic E-state index is -4.42. The molecule has 21 heteroatoms. The number of ether oxygens (including phenoxy) is 3. The summed E-state index contributed by atoms with van der Waals surface area (Å²) in [6, 6.07) is -1.18. The van der Waals surface area contributed by atoms with E-state index in [1.807, 2.05) is 0 Å². The van der Waals surface area contributed by atoms with E-state index in [-0.39, 0.29) is 41.1 Å². The van der Waals surface area contributed by atoms with Crippen molar-refractivity contribution < 1.29 is 46.6 Å². The summed E-state index contributed by atoms with van der Waals surface area (Å²) in [5, 5.41) is 17.5. The molecule has 4 heterocycles. The summed E-state index contributed by atoms with van der Waals surface area (Å²) in [4.78, 5) is 38.8. The predicted octanol–water partition coefficient (Wildman–Crippen LogP) is 1.48. The van der Waals surface area contributed by atoms with Gasteiger partial charge in [0, 0.05) is 4.91 Å². The van der Waals surface area contributed by atoms with Gasteiger partial charge in [-0.1, -0.05) is 5.11 Å². The molecule has 43 heavy (non-hydrogen) atoms. The molecule has 0 spiro atoms. The zero-order valence-corrected chi connectivity index (χ0v) is 24.6. The maximum atomic E-state index is 13.7. The number of esters is 1. The second-order valence-electron chi connectivity index (χ2n) is 9.41. The number of hydrogen-bond donors (Lipinski definition) is 3. The first-order valence-corrected chi connectivity index (χ1v) is 14.3. The minimum absolute atomic E-state index is 0.0737. The summed E-state index contributed by atoms with van der Waals surface area (Å²) in [7, 11) is -3.29. The van der Waals surface area contributed by atoms with Crippen LogP contribution in [0.15, 0.2) is 25.1 Å². The number of anilines is 1. The smallest absolute Gasteiger partial charge is 0.476 e. The van der Waals surface area contributed by atoms with E-state index >= 15 is 0 Å². The molecule has 1 aliphatic heterocycles. The molecule has 4 rings (SSSR count). The molecule has 0 saturated carbocycles. The van der Waals surface area contributed by atoms with Crippen LogP contribution in [0.1, 0.15) is 38.5 Å². The Bertz CT molecular complexity index is 1630. The van der Waals surface area contributed by atoms with Crippen LogP contribution in [-0.4, -0.2) is 74.7 Å². The highest BCUT2D eigenvalue weighted by Crippen LogP contribution is 2.48. The van der Waals surface area contributed by atoms with Gasteiger partial charge in [0.25, 0.3) is 0 Å². The second-order valence-corrected chi connectivity index (χ2v) is 11.2. The summed E-state index contributed by atoms with van der Waals surface area (Å²) in [6.07, 6.45) is -2.70. The van der Waals surface area contributed by atoms with Gasteiger partial charge < -0.3 is 33.9 Å². The number of nitrogens with zero attached hydrogens (tertiary/aromatic N) is 7. The molecule has 0 amide bonds. The quantitative estimate of drug-likeness (QED) is 0.0795. The van der Waals surface area contributed by atoms with Crippen LogP contribution in [0, 0.1) is 6.92 Å². The van der Waals surface area contributed by atoms with Crippen LogP contribution in [0.4, 0.5) is 5.95 Å². The van der Waals surface area contributed by atoms with Crippen molar-refractivity contribution in [3.05, 3.63) is 38.9 Å². The topological polar surface area (TPSA) is 274 Å². The van der Waals surface area contributed by atoms with E-state index in [0.717, 1.165) is 7.11 Å². The highest BCUT2D eigenvalue weighted by atomic mass is 31.2. The molecular weight excluding hydrogens is 597 g/mol. The Morgan fingerprint density at radius 3 is 2.77 bits per heavy atom. The van der Waals surface area contributed by atoms with Crippen LogP contribution in [0.2, 0.25) is 0 Å². The third-order valence-corrected chi connectivity index (χ3v) is 8.13. The lowest BCUT2D eigenvalue weighted by atomic mass is 9.93. The number of rotatable bonds is 13. The van der Waals surface area contributed by atoms with E-state index in [1.165, 1.54) is 31.7 Å². The Kier molecular flexibility index (Phi) is 9.41.